The molecule has 0 spiro atoms. The van der Waals surface area contributed by atoms with Crippen LogP contribution in [0.2, 0.25) is 0 Å². The maximum Gasteiger partial charge on any atom is 0.198 e. The van der Waals surface area contributed by atoms with E-state index in [4.69, 9.17) is 10.8 Å². The molecular formula is C19H22N6O. The van der Waals surface area contributed by atoms with E-state index in [-0.39, 0.29) is 5.78 Å². The number of nitrogens with two attached hydrogens (primary N) is 1. The van der Waals surface area contributed by atoms with E-state index in [0.29, 0.717) is 29.9 Å². The highest BCUT2D eigenvalue weighted by Gasteiger charge is 2.31. The number of benzene rings is 1. The molecule has 2 aromatic heterocycles. The van der Waals surface area contributed by atoms with Crippen LogP contribution in [-0.2, 0) is 6.54 Å². The molecule has 2 heterocycles. The fraction of sp³-hybridized carbons (Fsp3) is 0.316. The number of carbonyl (C=O) groups is 1. The van der Waals surface area contributed by atoms with Gasteiger partial charge in [-0.25, -0.2) is 0 Å². The first kappa shape index (κ1) is 16.7. The van der Waals surface area contributed by atoms with Crippen LogP contribution in [0.5, 0.6) is 0 Å². The highest BCUT2D eigenvalue weighted by Crippen LogP contribution is 2.40. The molecule has 0 unspecified atom stereocenters. The SMILES string of the molecule is CN(C)CCn1nc2c3c(c(NCCN)ccc31)C(=O)c1cccnc1-2. The van der Waals surface area contributed by atoms with Crippen molar-refractivity contribution in [2.24, 2.45) is 5.73 Å². The second-order valence-corrected chi connectivity index (χ2v) is 6.70. The molecular weight excluding hydrogens is 328 g/mol. The van der Waals surface area contributed by atoms with E-state index in [0.717, 1.165) is 35.4 Å². The topological polar surface area (TPSA) is 89.1 Å². The van der Waals surface area contributed by atoms with Gasteiger partial charge < -0.3 is 16.0 Å². The van der Waals surface area contributed by atoms with Gasteiger partial charge in [0.15, 0.2) is 5.78 Å². The third kappa shape index (κ3) is 2.56. The number of rotatable bonds is 6. The normalized spacial score (nSPS) is 12.7. The summed E-state index contributed by atoms with van der Waals surface area (Å²) in [6.45, 7) is 2.71. The standard InChI is InChI=1S/C19H22N6O/c1-24(2)10-11-25-14-6-5-13(21-9-7-20)15-16(14)18(23-25)17-12(19(15)26)4-3-8-22-17/h3-6,8,21H,7,9-11,20H2,1-2H3. The van der Waals surface area contributed by atoms with Crippen molar-refractivity contribution in [3.63, 3.8) is 0 Å². The van der Waals surface area contributed by atoms with Crippen LogP contribution in [0.4, 0.5) is 5.69 Å². The number of hydrogen-bond donors (Lipinski definition) is 2. The highest BCUT2D eigenvalue weighted by molar-refractivity contribution is 6.27. The molecule has 0 saturated heterocycles. The van der Waals surface area contributed by atoms with Crippen LogP contribution in [0.3, 0.4) is 0 Å². The summed E-state index contributed by atoms with van der Waals surface area (Å²) in [4.78, 5) is 19.8. The molecule has 0 atom stereocenters. The van der Waals surface area contributed by atoms with Crippen LogP contribution in [0.25, 0.3) is 22.3 Å². The number of fused-ring (bicyclic) bond motifs is 2. The molecule has 3 aromatic rings. The summed E-state index contributed by atoms with van der Waals surface area (Å²) in [5, 5.41) is 8.96. The largest absolute Gasteiger partial charge is 0.383 e. The molecule has 1 aromatic carbocycles. The van der Waals surface area contributed by atoms with Gasteiger partial charge in [-0.1, -0.05) is 0 Å². The molecule has 0 aliphatic heterocycles. The lowest BCUT2D eigenvalue weighted by molar-refractivity contribution is 0.104. The molecule has 0 amide bonds. The van der Waals surface area contributed by atoms with Gasteiger partial charge in [-0.15, -0.1) is 0 Å². The molecule has 1 aliphatic rings. The van der Waals surface area contributed by atoms with Gasteiger partial charge in [0.1, 0.15) is 11.4 Å². The number of nitrogens with zero attached hydrogens (tertiary/aromatic N) is 4. The predicted octanol–water partition coefficient (Wildman–Crippen LogP) is 1.57. The Morgan fingerprint density at radius 2 is 2.08 bits per heavy atom. The fourth-order valence-electron chi connectivity index (χ4n) is 3.40. The summed E-state index contributed by atoms with van der Waals surface area (Å²) >= 11 is 0. The van der Waals surface area contributed by atoms with Crippen LogP contribution < -0.4 is 11.1 Å². The zero-order valence-electron chi connectivity index (χ0n) is 15.0. The molecule has 26 heavy (non-hydrogen) atoms. The van der Waals surface area contributed by atoms with Gasteiger partial charge in [0.25, 0.3) is 0 Å². The number of likely N-dealkylation sites (N-methyl/N-ethyl adjacent to an activating group) is 1. The second-order valence-electron chi connectivity index (χ2n) is 6.70. The zero-order valence-corrected chi connectivity index (χ0v) is 15.0. The summed E-state index contributed by atoms with van der Waals surface area (Å²) in [7, 11) is 4.07. The molecule has 7 nitrogen and oxygen atoms in total. The van der Waals surface area contributed by atoms with Crippen molar-refractivity contribution in [3.8, 4) is 11.4 Å². The monoisotopic (exact) mass is 350 g/mol. The van der Waals surface area contributed by atoms with E-state index in [2.05, 4.69) is 15.2 Å². The Bertz CT molecular complexity index is 991. The fourth-order valence-corrected chi connectivity index (χ4v) is 3.40. The first-order chi connectivity index (χ1) is 12.6. The maximum atomic E-state index is 13.2. The van der Waals surface area contributed by atoms with Crippen LogP contribution in [0, 0.1) is 0 Å². The number of ketones is 1. The van der Waals surface area contributed by atoms with Gasteiger partial charge >= 0.3 is 0 Å². The summed E-state index contributed by atoms with van der Waals surface area (Å²) in [5.74, 6) is -0.0159. The Morgan fingerprint density at radius 3 is 2.85 bits per heavy atom. The Morgan fingerprint density at radius 1 is 1.23 bits per heavy atom. The van der Waals surface area contributed by atoms with Crippen molar-refractivity contribution in [2.75, 3.05) is 39.0 Å². The average molecular weight is 350 g/mol. The van der Waals surface area contributed by atoms with E-state index in [9.17, 15) is 4.79 Å². The van der Waals surface area contributed by atoms with Crippen molar-refractivity contribution in [1.82, 2.24) is 19.7 Å². The molecule has 1 aliphatic carbocycles. The van der Waals surface area contributed by atoms with Crippen molar-refractivity contribution in [2.45, 2.75) is 6.54 Å². The molecule has 0 saturated carbocycles. The molecule has 7 heteroatoms. The van der Waals surface area contributed by atoms with Gasteiger partial charge in [-0.05, 0) is 38.4 Å². The number of aromatic nitrogens is 3. The van der Waals surface area contributed by atoms with Crippen molar-refractivity contribution in [3.05, 3.63) is 41.6 Å². The maximum absolute atomic E-state index is 13.2. The third-order valence-corrected chi connectivity index (χ3v) is 4.64. The summed E-state index contributed by atoms with van der Waals surface area (Å²) in [5.41, 5.74) is 10.1. The number of nitrogens with one attached hydrogen (secondary N) is 1. The lowest BCUT2D eigenvalue weighted by Crippen LogP contribution is -2.19. The van der Waals surface area contributed by atoms with Gasteiger partial charge in [-0.2, -0.15) is 5.10 Å². The molecule has 4 rings (SSSR count). The lowest BCUT2D eigenvalue weighted by atomic mass is 9.89. The second kappa shape index (κ2) is 6.51. The number of anilines is 1. The van der Waals surface area contributed by atoms with Gasteiger partial charge in [0, 0.05) is 36.9 Å². The van der Waals surface area contributed by atoms with Gasteiger partial charge in [0.2, 0.25) is 0 Å². The third-order valence-electron chi connectivity index (χ3n) is 4.64. The molecule has 0 radical (unpaired) electrons. The predicted molar refractivity (Wildman–Crippen MR) is 102 cm³/mol. The Hall–Kier alpha value is -2.77. The molecule has 134 valence electrons. The Labute approximate surface area is 151 Å². The number of hydrogen-bond acceptors (Lipinski definition) is 6. The van der Waals surface area contributed by atoms with Gasteiger partial charge in [-0.3, -0.25) is 14.5 Å². The van der Waals surface area contributed by atoms with Crippen LogP contribution in [0.15, 0.2) is 30.5 Å². The Balaban J connectivity index is 1.96. The van der Waals surface area contributed by atoms with Crippen molar-refractivity contribution in [1.29, 1.82) is 0 Å². The first-order valence-corrected chi connectivity index (χ1v) is 8.74. The molecule has 0 fully saturated rings. The number of pyridine rings is 1. The van der Waals surface area contributed by atoms with E-state index in [1.807, 2.05) is 37.0 Å². The van der Waals surface area contributed by atoms with E-state index >= 15 is 0 Å². The van der Waals surface area contributed by atoms with Gasteiger partial charge in [0.05, 0.1) is 23.2 Å². The minimum atomic E-state index is -0.0159. The van der Waals surface area contributed by atoms with Crippen LogP contribution in [0.1, 0.15) is 15.9 Å². The summed E-state index contributed by atoms with van der Waals surface area (Å²) in [6, 6.07) is 7.57. The Kier molecular flexibility index (Phi) is 4.18. The number of carbonyl (C=O) groups excluding carboxylic acids is 1. The van der Waals surface area contributed by atoms with E-state index in [1.165, 1.54) is 0 Å². The minimum absolute atomic E-state index is 0.0159. The summed E-state index contributed by atoms with van der Waals surface area (Å²) < 4.78 is 1.97. The van der Waals surface area contributed by atoms with Crippen LogP contribution in [-0.4, -0.2) is 59.2 Å². The van der Waals surface area contributed by atoms with Crippen molar-refractivity contribution >= 4 is 22.4 Å². The first-order valence-electron chi connectivity index (χ1n) is 8.74. The average Bonchev–Trinajstić information content (AvgIpc) is 3.02. The molecule has 0 bridgehead atoms. The minimum Gasteiger partial charge on any atom is -0.383 e. The smallest absolute Gasteiger partial charge is 0.198 e. The quantitative estimate of drug-likeness (QED) is 0.549. The molecule has 3 N–H and O–H groups in total. The summed E-state index contributed by atoms with van der Waals surface area (Å²) in [6.07, 6.45) is 1.71. The van der Waals surface area contributed by atoms with Crippen LogP contribution >= 0.6 is 0 Å². The van der Waals surface area contributed by atoms with E-state index < -0.39 is 0 Å². The zero-order chi connectivity index (χ0) is 18.3. The van der Waals surface area contributed by atoms with E-state index in [1.54, 1.807) is 12.3 Å². The lowest BCUT2D eigenvalue weighted by Gasteiger charge is -2.17. The van der Waals surface area contributed by atoms with Crippen molar-refractivity contribution < 1.29 is 4.79 Å². The highest BCUT2D eigenvalue weighted by atomic mass is 16.1.